The minimum Gasteiger partial charge on any atom is -0.386 e. The maximum atomic E-state index is 14.7. The molecule has 2 aliphatic heterocycles. The van der Waals surface area contributed by atoms with Gasteiger partial charge in [-0.25, -0.2) is 12.8 Å². The molecule has 2 fully saturated rings. The molecule has 2 heterocycles. The normalized spacial score (nSPS) is 32.9. The summed E-state index contributed by atoms with van der Waals surface area (Å²) >= 11 is 0. The molecule has 3 aliphatic rings. The number of sulfone groups is 1. The van der Waals surface area contributed by atoms with E-state index in [2.05, 4.69) is 4.99 Å². The summed E-state index contributed by atoms with van der Waals surface area (Å²) < 4.78 is 44.9. The van der Waals surface area contributed by atoms with Gasteiger partial charge in [0.05, 0.1) is 12.4 Å². The molecule has 152 valence electrons. The Balaban J connectivity index is 1.73. The van der Waals surface area contributed by atoms with Crippen LogP contribution in [0.15, 0.2) is 23.2 Å². The Bertz CT molecular complexity index is 978. The number of ketones is 1. The van der Waals surface area contributed by atoms with Crippen LogP contribution in [0.3, 0.4) is 0 Å². The zero-order chi connectivity index (χ0) is 20.4. The van der Waals surface area contributed by atoms with Gasteiger partial charge in [-0.1, -0.05) is 13.0 Å². The van der Waals surface area contributed by atoms with Crippen molar-refractivity contribution < 1.29 is 22.3 Å². The molecule has 1 spiro atoms. The van der Waals surface area contributed by atoms with Crippen LogP contribution in [0.5, 0.6) is 0 Å². The summed E-state index contributed by atoms with van der Waals surface area (Å²) in [5.74, 6) is -0.806. The summed E-state index contributed by atoms with van der Waals surface area (Å²) in [5.41, 5.74) is 5.31. The van der Waals surface area contributed by atoms with Crippen molar-refractivity contribution in [2.24, 2.45) is 16.1 Å². The minimum absolute atomic E-state index is 0.0175. The molecular weight excluding hydrogens is 383 g/mol. The molecule has 1 aliphatic carbocycles. The molecule has 0 amide bonds. The lowest BCUT2D eigenvalue weighted by molar-refractivity contribution is -0.122. The Morgan fingerprint density at radius 1 is 1.29 bits per heavy atom. The van der Waals surface area contributed by atoms with E-state index in [-0.39, 0.29) is 47.8 Å². The van der Waals surface area contributed by atoms with Crippen molar-refractivity contribution in [3.63, 3.8) is 0 Å². The first-order valence-corrected chi connectivity index (χ1v) is 11.1. The summed E-state index contributed by atoms with van der Waals surface area (Å²) in [6, 6.07) is 4.41. The highest BCUT2D eigenvalue weighted by atomic mass is 32.2. The first-order valence-electron chi connectivity index (χ1n) is 9.50. The molecule has 28 heavy (non-hydrogen) atoms. The Morgan fingerprint density at radius 3 is 2.57 bits per heavy atom. The number of nitrogens with zero attached hydrogens (tertiary/aromatic N) is 1. The van der Waals surface area contributed by atoms with E-state index in [1.54, 1.807) is 19.1 Å². The predicted octanol–water partition coefficient (Wildman–Crippen LogP) is 1.90. The summed E-state index contributed by atoms with van der Waals surface area (Å²) in [7, 11) is -3.71. The van der Waals surface area contributed by atoms with Gasteiger partial charge in [-0.3, -0.25) is 9.79 Å². The van der Waals surface area contributed by atoms with Crippen LogP contribution in [0.1, 0.15) is 44.2 Å². The number of hydrogen-bond acceptors (Lipinski definition) is 6. The van der Waals surface area contributed by atoms with Crippen molar-refractivity contribution in [3.8, 4) is 0 Å². The number of halogens is 1. The van der Waals surface area contributed by atoms with Gasteiger partial charge in [-0.2, -0.15) is 0 Å². The quantitative estimate of drug-likeness (QED) is 0.820. The van der Waals surface area contributed by atoms with Gasteiger partial charge in [0, 0.05) is 24.0 Å². The van der Waals surface area contributed by atoms with Gasteiger partial charge in [0.15, 0.2) is 14.6 Å². The molecule has 1 aromatic carbocycles. The molecule has 1 saturated heterocycles. The van der Waals surface area contributed by atoms with Gasteiger partial charge >= 0.3 is 0 Å². The Hall–Kier alpha value is -1.80. The SMILES string of the molecule is CC1(C(=O)Cc2ccc(F)c([C@]3(C)CS(=O)(=O)[C@]4(CCOC4)C(N)=N3)c2)CC1. The van der Waals surface area contributed by atoms with E-state index < -0.39 is 25.9 Å². The van der Waals surface area contributed by atoms with E-state index in [1.807, 2.05) is 6.92 Å². The maximum absolute atomic E-state index is 14.7. The lowest BCUT2D eigenvalue weighted by atomic mass is 9.89. The third-order valence-electron chi connectivity index (χ3n) is 6.53. The molecule has 2 atom stereocenters. The molecular formula is C20H25FN2O4S. The largest absolute Gasteiger partial charge is 0.386 e. The fraction of sp³-hybridized carbons (Fsp3) is 0.600. The molecule has 0 unspecified atom stereocenters. The second kappa shape index (κ2) is 6.10. The second-order valence-corrected chi connectivity index (χ2v) is 11.1. The van der Waals surface area contributed by atoms with Crippen molar-refractivity contribution in [1.82, 2.24) is 0 Å². The lowest BCUT2D eigenvalue weighted by Gasteiger charge is -2.39. The monoisotopic (exact) mass is 408 g/mol. The van der Waals surface area contributed by atoms with Crippen molar-refractivity contribution in [1.29, 1.82) is 0 Å². The van der Waals surface area contributed by atoms with Crippen LogP contribution in [-0.4, -0.2) is 43.8 Å². The van der Waals surface area contributed by atoms with Gasteiger partial charge < -0.3 is 10.5 Å². The molecule has 8 heteroatoms. The Morgan fingerprint density at radius 2 is 2.00 bits per heavy atom. The summed E-state index contributed by atoms with van der Waals surface area (Å²) in [6.07, 6.45) is 2.21. The van der Waals surface area contributed by atoms with Gasteiger partial charge in [0.2, 0.25) is 0 Å². The average Bonchev–Trinajstić information content (AvgIpc) is 3.16. The first kappa shape index (κ1) is 19.5. The van der Waals surface area contributed by atoms with E-state index in [1.165, 1.54) is 6.07 Å². The fourth-order valence-corrected chi connectivity index (χ4v) is 6.42. The summed E-state index contributed by atoms with van der Waals surface area (Å²) in [4.78, 5) is 16.9. The smallest absolute Gasteiger partial charge is 0.168 e. The van der Waals surface area contributed by atoms with Crippen LogP contribution in [0, 0.1) is 11.2 Å². The number of amidine groups is 1. The first-order chi connectivity index (χ1) is 13.0. The third kappa shape index (κ3) is 2.88. The molecule has 0 bridgehead atoms. The molecule has 0 aromatic heterocycles. The number of ether oxygens (including phenoxy) is 1. The van der Waals surface area contributed by atoms with Gasteiger partial charge in [0.1, 0.15) is 23.0 Å². The highest BCUT2D eigenvalue weighted by molar-refractivity contribution is 7.93. The number of rotatable bonds is 4. The van der Waals surface area contributed by atoms with E-state index in [0.717, 1.165) is 12.8 Å². The standard InChI is InChI=1S/C20H25FN2O4S/c1-18(5-6-18)16(24)10-13-3-4-15(21)14(9-13)19(2)12-28(25,26)20(17(22)23-19)7-8-27-11-20/h3-4,9H,5-8,10-12H2,1-2H3,(H2,22,23)/t19-,20-/m0/s1. The van der Waals surface area contributed by atoms with Crippen LogP contribution in [0.2, 0.25) is 0 Å². The summed E-state index contributed by atoms with van der Waals surface area (Å²) in [5, 5.41) is 0. The zero-order valence-corrected chi connectivity index (χ0v) is 16.9. The van der Waals surface area contributed by atoms with E-state index in [0.29, 0.717) is 12.2 Å². The highest BCUT2D eigenvalue weighted by Gasteiger charge is 2.57. The molecule has 1 aromatic rings. The number of carbonyl (C=O) groups is 1. The topological polar surface area (TPSA) is 98.8 Å². The van der Waals surface area contributed by atoms with E-state index >= 15 is 0 Å². The van der Waals surface area contributed by atoms with E-state index in [4.69, 9.17) is 10.5 Å². The van der Waals surface area contributed by atoms with Gasteiger partial charge in [0.25, 0.3) is 0 Å². The molecule has 0 radical (unpaired) electrons. The number of Topliss-reactive ketones (excluding diaryl/α,β-unsaturated/α-hetero) is 1. The number of aliphatic imine (C=N–C) groups is 1. The molecule has 6 nitrogen and oxygen atoms in total. The zero-order valence-electron chi connectivity index (χ0n) is 16.1. The van der Waals surface area contributed by atoms with Crippen molar-refractivity contribution in [2.45, 2.75) is 49.8 Å². The van der Waals surface area contributed by atoms with Gasteiger partial charge in [-0.05, 0) is 43.9 Å². The van der Waals surface area contributed by atoms with Crippen LogP contribution >= 0.6 is 0 Å². The molecule has 4 rings (SSSR count). The highest BCUT2D eigenvalue weighted by Crippen LogP contribution is 2.47. The maximum Gasteiger partial charge on any atom is 0.168 e. The van der Waals surface area contributed by atoms with Crippen LogP contribution in [0.4, 0.5) is 4.39 Å². The lowest BCUT2D eigenvalue weighted by Crippen LogP contribution is -2.58. The second-order valence-electron chi connectivity index (χ2n) is 8.80. The number of benzene rings is 1. The van der Waals surface area contributed by atoms with Crippen molar-refractivity contribution in [2.75, 3.05) is 19.0 Å². The Kier molecular flexibility index (Phi) is 4.25. The molecule has 1 saturated carbocycles. The van der Waals surface area contributed by atoms with Gasteiger partial charge in [-0.15, -0.1) is 0 Å². The van der Waals surface area contributed by atoms with Crippen molar-refractivity contribution in [3.05, 3.63) is 35.1 Å². The molecule has 2 N–H and O–H groups in total. The number of nitrogens with two attached hydrogens (primary N) is 1. The Labute approximate surface area is 164 Å². The fourth-order valence-electron chi connectivity index (χ4n) is 4.16. The number of hydrogen-bond donors (Lipinski definition) is 1. The summed E-state index contributed by atoms with van der Waals surface area (Å²) in [6.45, 7) is 3.79. The minimum atomic E-state index is -3.71. The van der Waals surface area contributed by atoms with Crippen molar-refractivity contribution >= 4 is 21.5 Å². The van der Waals surface area contributed by atoms with Crippen LogP contribution < -0.4 is 5.73 Å². The average molecular weight is 408 g/mol. The number of carbonyl (C=O) groups excluding carboxylic acids is 1. The van der Waals surface area contributed by atoms with E-state index in [9.17, 15) is 17.6 Å². The van der Waals surface area contributed by atoms with Crippen LogP contribution in [0.25, 0.3) is 0 Å². The third-order valence-corrected chi connectivity index (χ3v) is 9.20. The van der Waals surface area contributed by atoms with Crippen LogP contribution in [-0.2, 0) is 31.3 Å². The predicted molar refractivity (Wildman–Crippen MR) is 103 cm³/mol.